The van der Waals surface area contributed by atoms with E-state index in [1.807, 2.05) is 44.2 Å². The Morgan fingerprint density at radius 2 is 1.67 bits per heavy atom. The molecule has 0 radical (unpaired) electrons. The Kier molecular flexibility index (Phi) is 6.67. The van der Waals surface area contributed by atoms with Gasteiger partial charge in [0, 0.05) is 37.5 Å². The summed E-state index contributed by atoms with van der Waals surface area (Å²) in [6.45, 7) is 6.68. The van der Waals surface area contributed by atoms with Crippen molar-refractivity contribution >= 4 is 29.5 Å². The van der Waals surface area contributed by atoms with Gasteiger partial charge in [0.05, 0.1) is 12.5 Å². The van der Waals surface area contributed by atoms with E-state index in [1.165, 1.54) is 6.92 Å². The SMILES string of the molecule is CCN(CC)C(=O)c1ccc(NC(=O)CC2c3ccccc3C=CN2C(C)=O)cc1. The summed E-state index contributed by atoms with van der Waals surface area (Å²) in [5.74, 6) is -0.336. The third-order valence-electron chi connectivity index (χ3n) is 5.31. The molecule has 0 spiro atoms. The maximum atomic E-state index is 12.7. The minimum absolute atomic E-state index is 0.0272. The van der Waals surface area contributed by atoms with Gasteiger partial charge in [0.1, 0.15) is 0 Å². The maximum Gasteiger partial charge on any atom is 0.253 e. The summed E-state index contributed by atoms with van der Waals surface area (Å²) in [7, 11) is 0. The normalized spacial score (nSPS) is 14.8. The molecule has 156 valence electrons. The van der Waals surface area contributed by atoms with Crippen LogP contribution >= 0.6 is 0 Å². The van der Waals surface area contributed by atoms with Crippen LogP contribution in [0.5, 0.6) is 0 Å². The number of rotatable bonds is 6. The van der Waals surface area contributed by atoms with Crippen molar-refractivity contribution in [2.24, 2.45) is 0 Å². The zero-order valence-electron chi connectivity index (χ0n) is 17.6. The van der Waals surface area contributed by atoms with Gasteiger partial charge in [-0.3, -0.25) is 14.4 Å². The Morgan fingerprint density at radius 3 is 2.30 bits per heavy atom. The number of hydrogen-bond donors (Lipinski definition) is 1. The highest BCUT2D eigenvalue weighted by molar-refractivity contribution is 5.96. The minimum atomic E-state index is -0.354. The maximum absolute atomic E-state index is 12.7. The first-order chi connectivity index (χ1) is 14.4. The lowest BCUT2D eigenvalue weighted by atomic mass is 9.93. The summed E-state index contributed by atoms with van der Waals surface area (Å²) in [4.78, 5) is 40.6. The Hall–Kier alpha value is -3.41. The molecule has 2 aromatic carbocycles. The zero-order valence-corrected chi connectivity index (χ0v) is 17.6. The summed E-state index contributed by atoms with van der Waals surface area (Å²) in [6.07, 6.45) is 3.76. The summed E-state index contributed by atoms with van der Waals surface area (Å²) < 4.78 is 0. The van der Waals surface area contributed by atoms with Crippen molar-refractivity contribution in [2.45, 2.75) is 33.2 Å². The summed E-state index contributed by atoms with van der Waals surface area (Å²) in [6, 6.07) is 14.3. The average molecular weight is 405 g/mol. The van der Waals surface area contributed by atoms with E-state index in [0.717, 1.165) is 11.1 Å². The van der Waals surface area contributed by atoms with Gasteiger partial charge in [-0.2, -0.15) is 0 Å². The zero-order chi connectivity index (χ0) is 21.7. The molecule has 6 nitrogen and oxygen atoms in total. The first-order valence-electron chi connectivity index (χ1n) is 10.2. The van der Waals surface area contributed by atoms with Gasteiger partial charge in [-0.05, 0) is 55.3 Å². The van der Waals surface area contributed by atoms with E-state index in [2.05, 4.69) is 5.32 Å². The van der Waals surface area contributed by atoms with Crippen LogP contribution in [0.25, 0.3) is 6.08 Å². The molecule has 0 aromatic heterocycles. The number of nitrogens with zero attached hydrogens (tertiary/aromatic N) is 2. The first kappa shape index (κ1) is 21.3. The quantitative estimate of drug-likeness (QED) is 0.788. The number of fused-ring (bicyclic) bond motifs is 1. The molecule has 0 aliphatic carbocycles. The third kappa shape index (κ3) is 4.59. The molecular formula is C24H27N3O3. The predicted octanol–water partition coefficient (Wildman–Crippen LogP) is 4.07. The largest absolute Gasteiger partial charge is 0.339 e. The van der Waals surface area contributed by atoms with Crippen LogP contribution in [0.3, 0.4) is 0 Å². The molecule has 6 heteroatoms. The van der Waals surface area contributed by atoms with E-state index < -0.39 is 0 Å². The van der Waals surface area contributed by atoms with E-state index in [9.17, 15) is 14.4 Å². The minimum Gasteiger partial charge on any atom is -0.339 e. The van der Waals surface area contributed by atoms with Gasteiger partial charge in [0.15, 0.2) is 0 Å². The Morgan fingerprint density at radius 1 is 1.00 bits per heavy atom. The Labute approximate surface area is 177 Å². The highest BCUT2D eigenvalue weighted by Gasteiger charge is 2.28. The molecule has 0 bridgehead atoms. The van der Waals surface area contributed by atoms with Gasteiger partial charge in [-0.15, -0.1) is 0 Å². The Balaban J connectivity index is 1.71. The molecular weight excluding hydrogens is 378 g/mol. The molecule has 2 aromatic rings. The lowest BCUT2D eigenvalue weighted by molar-refractivity contribution is -0.129. The second-order valence-corrected chi connectivity index (χ2v) is 7.19. The third-order valence-corrected chi connectivity index (χ3v) is 5.31. The Bertz CT molecular complexity index is 962. The van der Waals surface area contributed by atoms with Crippen LogP contribution in [-0.4, -0.2) is 40.6 Å². The van der Waals surface area contributed by atoms with E-state index in [-0.39, 0.29) is 30.2 Å². The molecule has 1 atom stereocenters. The number of carbonyl (C=O) groups is 3. The van der Waals surface area contributed by atoms with Gasteiger partial charge in [-0.1, -0.05) is 24.3 Å². The van der Waals surface area contributed by atoms with Crippen molar-refractivity contribution in [3.63, 3.8) is 0 Å². The smallest absolute Gasteiger partial charge is 0.253 e. The standard InChI is InChI=1S/C24H27N3O3/c1-4-26(5-2)24(30)19-10-12-20(13-11-19)25-23(29)16-22-21-9-7-6-8-18(21)14-15-27(22)17(3)28/h6-15,22H,4-5,16H2,1-3H3,(H,25,29). The van der Waals surface area contributed by atoms with Crippen molar-refractivity contribution in [1.82, 2.24) is 9.80 Å². The summed E-state index contributed by atoms with van der Waals surface area (Å²) in [5.41, 5.74) is 3.16. The number of anilines is 1. The molecule has 3 rings (SSSR count). The van der Waals surface area contributed by atoms with Crippen LogP contribution in [0, 0.1) is 0 Å². The second kappa shape index (κ2) is 9.39. The van der Waals surface area contributed by atoms with Crippen molar-refractivity contribution in [1.29, 1.82) is 0 Å². The highest BCUT2D eigenvalue weighted by atomic mass is 16.2. The summed E-state index contributed by atoms with van der Waals surface area (Å²) in [5, 5.41) is 2.88. The number of hydrogen-bond acceptors (Lipinski definition) is 3. The van der Waals surface area contributed by atoms with Gasteiger partial charge in [0.25, 0.3) is 5.91 Å². The molecule has 1 heterocycles. The topological polar surface area (TPSA) is 69.7 Å². The van der Waals surface area contributed by atoms with Crippen molar-refractivity contribution in [3.8, 4) is 0 Å². The molecule has 1 N–H and O–H groups in total. The molecule has 0 saturated heterocycles. The van der Waals surface area contributed by atoms with E-state index in [0.29, 0.717) is 24.3 Å². The molecule has 1 aliphatic heterocycles. The predicted molar refractivity (Wildman–Crippen MR) is 118 cm³/mol. The summed E-state index contributed by atoms with van der Waals surface area (Å²) >= 11 is 0. The molecule has 3 amide bonds. The van der Waals surface area contributed by atoms with Gasteiger partial charge >= 0.3 is 0 Å². The van der Waals surface area contributed by atoms with Gasteiger partial charge in [0.2, 0.25) is 11.8 Å². The second-order valence-electron chi connectivity index (χ2n) is 7.19. The van der Waals surface area contributed by atoms with Crippen LogP contribution < -0.4 is 5.32 Å². The van der Waals surface area contributed by atoms with Crippen LogP contribution in [0.15, 0.2) is 54.7 Å². The average Bonchev–Trinajstić information content (AvgIpc) is 2.75. The fourth-order valence-electron chi connectivity index (χ4n) is 3.69. The lowest BCUT2D eigenvalue weighted by Crippen LogP contribution is -2.33. The molecule has 0 fully saturated rings. The molecule has 30 heavy (non-hydrogen) atoms. The van der Waals surface area contributed by atoms with Crippen molar-refractivity contribution in [3.05, 3.63) is 71.4 Å². The molecule has 1 unspecified atom stereocenters. The van der Waals surface area contributed by atoms with E-state index >= 15 is 0 Å². The highest BCUT2D eigenvalue weighted by Crippen LogP contribution is 2.33. The fraction of sp³-hybridized carbons (Fsp3) is 0.292. The van der Waals surface area contributed by atoms with Crippen LogP contribution in [0.4, 0.5) is 5.69 Å². The fourth-order valence-corrected chi connectivity index (χ4v) is 3.69. The number of carbonyl (C=O) groups excluding carboxylic acids is 3. The number of nitrogens with one attached hydrogen (secondary N) is 1. The van der Waals surface area contributed by atoms with E-state index in [4.69, 9.17) is 0 Å². The van der Waals surface area contributed by atoms with Gasteiger partial charge in [-0.25, -0.2) is 0 Å². The van der Waals surface area contributed by atoms with Crippen molar-refractivity contribution < 1.29 is 14.4 Å². The number of benzene rings is 2. The lowest BCUT2D eigenvalue weighted by Gasteiger charge is -2.32. The first-order valence-corrected chi connectivity index (χ1v) is 10.2. The van der Waals surface area contributed by atoms with Crippen LogP contribution in [-0.2, 0) is 9.59 Å². The monoisotopic (exact) mass is 405 g/mol. The number of amides is 3. The van der Waals surface area contributed by atoms with E-state index in [1.54, 1.807) is 40.3 Å². The van der Waals surface area contributed by atoms with Crippen LogP contribution in [0.1, 0.15) is 54.7 Å². The molecule has 1 aliphatic rings. The molecule has 0 saturated carbocycles. The van der Waals surface area contributed by atoms with Crippen molar-refractivity contribution in [2.75, 3.05) is 18.4 Å². The van der Waals surface area contributed by atoms with Crippen LogP contribution in [0.2, 0.25) is 0 Å². The van der Waals surface area contributed by atoms with Gasteiger partial charge < -0.3 is 15.1 Å².